The number of hydrogen-bond donors (Lipinski definition) is 2. The van der Waals surface area contributed by atoms with Crippen molar-refractivity contribution in [2.45, 2.75) is 0 Å². The van der Waals surface area contributed by atoms with Gasteiger partial charge < -0.3 is 10.7 Å². The number of H-pyrrole nitrogens is 1. The zero-order chi connectivity index (χ0) is 8.59. The minimum Gasteiger partial charge on any atom is -0.399 e. The molecule has 0 unspecified atom stereocenters. The zero-order valence-electron chi connectivity index (χ0n) is 6.99. The summed E-state index contributed by atoms with van der Waals surface area (Å²) in [7, 11) is 0. The lowest BCUT2D eigenvalue weighted by Gasteiger charge is -1.84. The molecule has 0 atom stereocenters. The Morgan fingerprint density at radius 3 is 3.38 bits per heavy atom. The Kier molecular flexibility index (Phi) is 0.497. The Bertz CT molecular complexity index is 346. The first-order valence-corrected chi connectivity index (χ1v) is 1.99. The van der Waals surface area contributed by atoms with Gasteiger partial charge >= 0.3 is 0 Å². The molecule has 1 aromatic heterocycles. The van der Waals surface area contributed by atoms with E-state index in [-0.39, 0.29) is 17.9 Å². The molecule has 1 aromatic rings. The second kappa shape index (κ2) is 1.69. The lowest BCUT2D eigenvalue weighted by molar-refractivity contribution is 1.24. The maximum Gasteiger partial charge on any atom is 0.249 e. The van der Waals surface area contributed by atoms with Gasteiger partial charge in [-0.1, -0.05) is 0 Å². The van der Waals surface area contributed by atoms with Crippen molar-refractivity contribution in [2.75, 3.05) is 5.73 Å². The molecule has 0 spiro atoms. The number of aromatic amines is 1. The van der Waals surface area contributed by atoms with Gasteiger partial charge in [0.2, 0.25) is 5.56 Å². The van der Waals surface area contributed by atoms with Crippen LogP contribution in [-0.4, -0.2) is 4.98 Å². The normalized spacial score (nSPS) is 14.2. The summed E-state index contributed by atoms with van der Waals surface area (Å²) in [6.07, 6.45) is -0.358. The fourth-order valence-electron chi connectivity index (χ4n) is 0.340. The first kappa shape index (κ1) is 2.35. The zero-order valence-corrected chi connectivity index (χ0v) is 3.99. The molecule has 3 heteroatoms. The summed E-state index contributed by atoms with van der Waals surface area (Å²) in [5.74, 6) is 0. The van der Waals surface area contributed by atoms with Gasteiger partial charge in [-0.2, -0.15) is 0 Å². The summed E-state index contributed by atoms with van der Waals surface area (Å²) in [6.45, 7) is 0. The summed E-state index contributed by atoms with van der Waals surface area (Å²) in [5.41, 5.74) is 4.18. The highest BCUT2D eigenvalue weighted by Gasteiger charge is 1.80. The van der Waals surface area contributed by atoms with Gasteiger partial charge in [0.1, 0.15) is 0 Å². The molecule has 0 aliphatic heterocycles. The summed E-state index contributed by atoms with van der Waals surface area (Å²) >= 11 is 0. The number of nitrogens with two attached hydrogens (primary N) is 1. The van der Waals surface area contributed by atoms with Crippen molar-refractivity contribution in [1.82, 2.24) is 4.98 Å². The Labute approximate surface area is 50.4 Å². The van der Waals surface area contributed by atoms with Gasteiger partial charge in [-0.05, 0) is 6.04 Å². The Hall–Kier alpha value is -1.25. The first-order valence-electron chi connectivity index (χ1n) is 3.49. The van der Waals surface area contributed by atoms with Crippen LogP contribution < -0.4 is 11.3 Å². The predicted octanol–water partition coefficient (Wildman–Crippen LogP) is -0.0429. The third-order valence-electron chi connectivity index (χ3n) is 0.621. The average molecular weight is 113 g/mol. The van der Waals surface area contributed by atoms with Crippen LogP contribution in [0.15, 0.2) is 23.1 Å². The number of hydrogen-bond acceptors (Lipinski definition) is 2. The third-order valence-corrected chi connectivity index (χ3v) is 0.621. The van der Waals surface area contributed by atoms with Crippen LogP contribution in [0.2, 0.25) is 0 Å². The van der Waals surface area contributed by atoms with E-state index in [2.05, 4.69) is 0 Å². The highest BCUT2D eigenvalue weighted by atomic mass is 16.1. The largest absolute Gasteiger partial charge is 0.399 e. The first-order chi connectivity index (χ1) is 5.04. The Balaban J connectivity index is 3.59. The summed E-state index contributed by atoms with van der Waals surface area (Å²) in [6, 6.07) is -0.763. The Morgan fingerprint density at radius 2 is 2.62 bits per heavy atom. The average Bonchev–Trinajstić information content (AvgIpc) is 1.97. The van der Waals surface area contributed by atoms with Gasteiger partial charge in [-0.15, -0.1) is 0 Å². The second-order valence-electron chi connectivity index (χ2n) is 1.24. The molecule has 3 nitrogen and oxygen atoms in total. The maximum absolute atomic E-state index is 10.7. The van der Waals surface area contributed by atoms with Crippen LogP contribution in [0.3, 0.4) is 0 Å². The van der Waals surface area contributed by atoms with Crippen molar-refractivity contribution >= 4 is 5.69 Å². The van der Waals surface area contributed by atoms with E-state index >= 15 is 0 Å². The van der Waals surface area contributed by atoms with Gasteiger partial charge in [0.25, 0.3) is 0 Å². The SMILES string of the molecule is [2H]c1[nH]c(=O)c([2H])c(N)c1[2H]. The van der Waals surface area contributed by atoms with Crippen molar-refractivity contribution in [2.24, 2.45) is 0 Å². The molecule has 3 N–H and O–H groups in total. The molecule has 0 amide bonds. The summed E-state index contributed by atoms with van der Waals surface area (Å²) < 4.78 is 21.1. The van der Waals surface area contributed by atoms with Gasteiger partial charge in [-0.3, -0.25) is 4.79 Å². The molecule has 0 bridgehead atoms. The van der Waals surface area contributed by atoms with Crippen LogP contribution in [0, 0.1) is 0 Å². The van der Waals surface area contributed by atoms with Crippen LogP contribution in [0.1, 0.15) is 4.11 Å². The molecule has 0 aromatic carbocycles. The number of aromatic nitrogens is 1. The van der Waals surface area contributed by atoms with Crippen molar-refractivity contribution in [1.29, 1.82) is 0 Å². The molecule has 42 valence electrons. The number of anilines is 1. The quantitative estimate of drug-likeness (QED) is 0.496. The molecular formula is C5H6N2O. The van der Waals surface area contributed by atoms with Gasteiger partial charge in [-0.25, -0.2) is 0 Å². The number of rotatable bonds is 0. The molecule has 8 heavy (non-hydrogen) atoms. The van der Waals surface area contributed by atoms with Crippen LogP contribution in [0.4, 0.5) is 5.69 Å². The summed E-state index contributed by atoms with van der Waals surface area (Å²) in [4.78, 5) is 12.7. The van der Waals surface area contributed by atoms with E-state index in [1.807, 2.05) is 4.98 Å². The van der Waals surface area contributed by atoms with Crippen LogP contribution in [0.5, 0.6) is 0 Å². The molecule has 0 saturated carbocycles. The van der Waals surface area contributed by atoms with Crippen LogP contribution in [-0.2, 0) is 0 Å². The minimum absolute atomic E-state index is 0.251. The van der Waals surface area contributed by atoms with E-state index in [9.17, 15) is 4.79 Å². The van der Waals surface area contributed by atoms with Crippen molar-refractivity contribution in [3.8, 4) is 0 Å². The van der Waals surface area contributed by atoms with Gasteiger partial charge in [0.15, 0.2) is 0 Å². The molecule has 0 fully saturated rings. The lowest BCUT2D eigenvalue weighted by atomic mass is 10.4. The maximum atomic E-state index is 10.7. The smallest absolute Gasteiger partial charge is 0.249 e. The van der Waals surface area contributed by atoms with Crippen molar-refractivity contribution in [3.63, 3.8) is 0 Å². The van der Waals surface area contributed by atoms with Gasteiger partial charge in [0.05, 0.1) is 4.11 Å². The molecule has 1 heterocycles. The summed E-state index contributed by atoms with van der Waals surface area (Å²) in [5, 5.41) is 0. The van der Waals surface area contributed by atoms with E-state index in [0.29, 0.717) is 0 Å². The van der Waals surface area contributed by atoms with E-state index in [1.165, 1.54) is 0 Å². The predicted molar refractivity (Wildman–Crippen MR) is 31.5 cm³/mol. The molecule has 0 aliphatic carbocycles. The van der Waals surface area contributed by atoms with E-state index < -0.39 is 11.6 Å². The van der Waals surface area contributed by atoms with Crippen molar-refractivity contribution in [3.05, 3.63) is 28.6 Å². The lowest BCUT2D eigenvalue weighted by Crippen LogP contribution is -2.03. The van der Waals surface area contributed by atoms with E-state index in [0.717, 1.165) is 0 Å². The highest BCUT2D eigenvalue weighted by Crippen LogP contribution is 1.88. The number of nitrogens with one attached hydrogen (secondary N) is 1. The topological polar surface area (TPSA) is 58.9 Å². The Morgan fingerprint density at radius 1 is 1.88 bits per heavy atom. The molecule has 0 saturated heterocycles. The fourth-order valence-corrected chi connectivity index (χ4v) is 0.340. The van der Waals surface area contributed by atoms with Gasteiger partial charge in [0, 0.05) is 17.9 Å². The van der Waals surface area contributed by atoms with Crippen LogP contribution in [0.25, 0.3) is 0 Å². The molecule has 0 aliphatic rings. The fraction of sp³-hybridized carbons (Fsp3) is 0. The highest BCUT2D eigenvalue weighted by molar-refractivity contribution is 5.33. The minimum atomic E-state index is -0.733. The molecular weight excluding hydrogens is 104 g/mol. The standard InChI is InChI=1S/C5H6N2O/c6-4-1-2-7-5(8)3-4/h1-3H,(H3,6,7,8)/i1D,2D,3D. The van der Waals surface area contributed by atoms with Crippen LogP contribution >= 0.6 is 0 Å². The number of nitrogen functional groups attached to an aromatic ring is 1. The van der Waals surface area contributed by atoms with Crippen molar-refractivity contribution < 1.29 is 4.11 Å². The molecule has 0 radical (unpaired) electrons. The third kappa shape index (κ3) is 0.872. The second-order valence-corrected chi connectivity index (χ2v) is 1.24. The molecule has 1 rings (SSSR count). The van der Waals surface area contributed by atoms with E-state index in [1.54, 1.807) is 0 Å². The number of pyridine rings is 1. The monoisotopic (exact) mass is 113 g/mol. The van der Waals surface area contributed by atoms with E-state index in [4.69, 9.17) is 9.85 Å².